The van der Waals surface area contributed by atoms with Crippen LogP contribution in [0.25, 0.3) is 6.20 Å². The number of ether oxygens (including phenoxy) is 2. The molecule has 2 atom stereocenters. The Hall–Kier alpha value is -2.74. The summed E-state index contributed by atoms with van der Waals surface area (Å²) in [5.41, 5.74) is 10.1. The van der Waals surface area contributed by atoms with E-state index in [4.69, 9.17) is 19.7 Å². The van der Waals surface area contributed by atoms with Crippen LogP contribution in [-0.4, -0.2) is 42.9 Å². The Morgan fingerprint density at radius 2 is 1.91 bits per heavy atom. The molecule has 1 heterocycles. The van der Waals surface area contributed by atoms with Crippen LogP contribution in [0.15, 0.2) is 53.0 Å². The maximum atomic E-state index is 11.7. The second-order valence-electron chi connectivity index (χ2n) is 7.24. The van der Waals surface area contributed by atoms with Crippen molar-refractivity contribution in [3.8, 4) is 5.75 Å². The molecule has 2 aromatic rings. The predicted molar refractivity (Wildman–Crippen MR) is 129 cm³/mol. The van der Waals surface area contributed by atoms with E-state index < -0.39 is 5.69 Å². The van der Waals surface area contributed by atoms with E-state index in [-0.39, 0.29) is 29.7 Å². The van der Waals surface area contributed by atoms with Gasteiger partial charge in [0.25, 0.3) is 0 Å². The lowest BCUT2D eigenvalue weighted by molar-refractivity contribution is -0.149. The van der Waals surface area contributed by atoms with Crippen molar-refractivity contribution in [1.82, 2.24) is 9.55 Å². The van der Waals surface area contributed by atoms with Gasteiger partial charge >= 0.3 is 11.7 Å². The normalized spacial score (nSPS) is 17.5. The highest BCUT2D eigenvalue weighted by atomic mass is 31.0. The van der Waals surface area contributed by atoms with Crippen LogP contribution in [0.1, 0.15) is 20.3 Å². The van der Waals surface area contributed by atoms with Gasteiger partial charge < -0.3 is 25.5 Å². The van der Waals surface area contributed by atoms with Crippen LogP contribution in [0, 0.1) is 11.3 Å². The standard InChI is InChI=1S/C14H20N3O4P.C7H8O.CH5N/c1-9(2)12(18)20-7-14(8-21-22)5-10(14)6-17-4-3-11(15)16-13(17)19;1-8-7-5-3-2-4-6-7;1-2/h3-4,6,9H,5,7-8,22H2,1-2H3,(H2,15,16,19);2-6H,1H3;2H2,1H3/b10-6-;;. The summed E-state index contributed by atoms with van der Waals surface area (Å²) in [7, 11) is 5.35. The summed E-state index contributed by atoms with van der Waals surface area (Å²) in [6.07, 6.45) is 3.95. The molecule has 3 rings (SSSR count). The van der Waals surface area contributed by atoms with E-state index in [0.29, 0.717) is 13.0 Å². The van der Waals surface area contributed by atoms with Crippen molar-refractivity contribution in [3.63, 3.8) is 0 Å². The fourth-order valence-corrected chi connectivity index (χ4v) is 2.94. The molecule has 1 aliphatic carbocycles. The van der Waals surface area contributed by atoms with Gasteiger partial charge in [-0.3, -0.25) is 9.36 Å². The van der Waals surface area contributed by atoms with E-state index >= 15 is 0 Å². The maximum absolute atomic E-state index is 11.7. The van der Waals surface area contributed by atoms with Crippen molar-refractivity contribution in [3.05, 3.63) is 58.7 Å². The molecule has 0 saturated heterocycles. The van der Waals surface area contributed by atoms with Crippen LogP contribution < -0.4 is 21.9 Å². The summed E-state index contributed by atoms with van der Waals surface area (Å²) in [5.74, 6) is 0.665. The number of nitrogens with two attached hydrogens (primary N) is 2. The van der Waals surface area contributed by atoms with Crippen molar-refractivity contribution in [2.45, 2.75) is 20.3 Å². The van der Waals surface area contributed by atoms with Gasteiger partial charge in [0.2, 0.25) is 0 Å². The highest BCUT2D eigenvalue weighted by Gasteiger charge is 2.50. The number of nitrogen functional groups attached to an aromatic ring is 1. The molecule has 1 aromatic carbocycles. The van der Waals surface area contributed by atoms with Gasteiger partial charge in [0, 0.05) is 21.9 Å². The number of carbonyl (C=O) groups excluding carboxylic acids is 1. The monoisotopic (exact) mass is 464 g/mol. The Morgan fingerprint density at radius 3 is 2.41 bits per heavy atom. The molecule has 9 nitrogen and oxygen atoms in total. The molecule has 0 aliphatic heterocycles. The Balaban J connectivity index is 0.000000427. The van der Waals surface area contributed by atoms with E-state index in [2.05, 4.69) is 20.2 Å². The number of nitrogens with zero attached hydrogens (tertiary/aromatic N) is 2. The Kier molecular flexibility index (Phi) is 11.6. The fraction of sp³-hybridized carbons (Fsp3) is 0.409. The van der Waals surface area contributed by atoms with E-state index in [1.165, 1.54) is 11.6 Å². The molecule has 1 fully saturated rings. The SMILES string of the molecule is CC(C)C(=O)OCC1(COP)C/C1=C/n1ccc(N)nc1=O.CN.COc1ccccc1. The minimum Gasteiger partial charge on any atom is -0.497 e. The van der Waals surface area contributed by atoms with Gasteiger partial charge in [-0.05, 0) is 37.2 Å². The molecule has 0 bridgehead atoms. The molecule has 0 amide bonds. The molecule has 1 aliphatic rings. The molecule has 1 saturated carbocycles. The number of benzene rings is 1. The number of methoxy groups -OCH3 is 1. The second kappa shape index (κ2) is 13.6. The average molecular weight is 465 g/mol. The number of esters is 1. The molecule has 32 heavy (non-hydrogen) atoms. The summed E-state index contributed by atoms with van der Waals surface area (Å²) in [5, 5.41) is 0. The van der Waals surface area contributed by atoms with Crippen LogP contribution in [0.2, 0.25) is 0 Å². The third-order valence-corrected chi connectivity index (χ3v) is 4.70. The molecule has 0 radical (unpaired) electrons. The number of para-hydroxylation sites is 1. The van der Waals surface area contributed by atoms with Crippen LogP contribution in [-0.2, 0) is 14.1 Å². The molecule has 0 spiro atoms. The number of aromatic nitrogens is 2. The molecule has 176 valence electrons. The van der Waals surface area contributed by atoms with Gasteiger partial charge in [-0.25, -0.2) is 4.79 Å². The maximum Gasteiger partial charge on any atom is 0.353 e. The summed E-state index contributed by atoms with van der Waals surface area (Å²) in [6, 6.07) is 11.2. The summed E-state index contributed by atoms with van der Waals surface area (Å²) >= 11 is 0. The molecule has 2 unspecified atom stereocenters. The predicted octanol–water partition coefficient (Wildman–Crippen LogP) is 2.33. The zero-order valence-electron chi connectivity index (χ0n) is 19.0. The molecule has 10 heteroatoms. The average Bonchev–Trinajstić information content (AvgIpc) is 3.48. The highest BCUT2D eigenvalue weighted by molar-refractivity contribution is 7.09. The summed E-state index contributed by atoms with van der Waals surface area (Å²) in [6.45, 7) is 4.20. The Bertz CT molecular complexity index is 933. The number of hydrogen-bond acceptors (Lipinski definition) is 8. The van der Waals surface area contributed by atoms with Crippen molar-refractivity contribution in [2.24, 2.45) is 17.1 Å². The van der Waals surface area contributed by atoms with E-state index in [1.807, 2.05) is 30.3 Å². The van der Waals surface area contributed by atoms with Gasteiger partial charge in [-0.2, -0.15) is 4.98 Å². The first-order chi connectivity index (χ1) is 15.3. The number of rotatable bonds is 7. The lowest BCUT2D eigenvalue weighted by Gasteiger charge is -2.15. The highest BCUT2D eigenvalue weighted by Crippen LogP contribution is 2.53. The molecular formula is C22H33N4O5P. The minimum atomic E-state index is -0.445. The zero-order chi connectivity index (χ0) is 24.1. The number of carbonyl (C=O) groups is 1. The lowest BCUT2D eigenvalue weighted by Crippen LogP contribution is -2.22. The largest absolute Gasteiger partial charge is 0.497 e. The van der Waals surface area contributed by atoms with Gasteiger partial charge in [0.15, 0.2) is 0 Å². The van der Waals surface area contributed by atoms with Gasteiger partial charge in [0.1, 0.15) is 18.2 Å². The van der Waals surface area contributed by atoms with Crippen LogP contribution in [0.5, 0.6) is 5.75 Å². The summed E-state index contributed by atoms with van der Waals surface area (Å²) in [4.78, 5) is 27.0. The van der Waals surface area contributed by atoms with E-state index in [9.17, 15) is 9.59 Å². The topological polar surface area (TPSA) is 132 Å². The van der Waals surface area contributed by atoms with E-state index in [0.717, 1.165) is 11.3 Å². The smallest absolute Gasteiger partial charge is 0.353 e. The van der Waals surface area contributed by atoms with E-state index in [1.54, 1.807) is 39.4 Å². The molecular weight excluding hydrogens is 431 g/mol. The van der Waals surface area contributed by atoms with Gasteiger partial charge in [0.05, 0.1) is 25.0 Å². The first-order valence-corrected chi connectivity index (χ1v) is 10.5. The molecule has 4 N–H and O–H groups in total. The van der Waals surface area contributed by atoms with Crippen molar-refractivity contribution in [1.29, 1.82) is 0 Å². The number of anilines is 1. The zero-order valence-corrected chi connectivity index (χ0v) is 20.1. The van der Waals surface area contributed by atoms with Gasteiger partial charge in [-0.15, -0.1) is 0 Å². The van der Waals surface area contributed by atoms with Crippen LogP contribution in [0.3, 0.4) is 0 Å². The van der Waals surface area contributed by atoms with Gasteiger partial charge in [-0.1, -0.05) is 32.0 Å². The summed E-state index contributed by atoms with van der Waals surface area (Å²) < 4.78 is 16.7. The van der Waals surface area contributed by atoms with Crippen molar-refractivity contribution in [2.75, 3.05) is 33.1 Å². The van der Waals surface area contributed by atoms with Crippen LogP contribution >= 0.6 is 9.47 Å². The Labute approximate surface area is 191 Å². The third kappa shape index (κ3) is 8.42. The van der Waals surface area contributed by atoms with Crippen LogP contribution in [0.4, 0.5) is 5.82 Å². The third-order valence-electron chi connectivity index (χ3n) is 4.53. The number of hydrogen-bond donors (Lipinski definition) is 2. The first kappa shape index (κ1) is 27.3. The fourth-order valence-electron chi connectivity index (χ4n) is 2.62. The van der Waals surface area contributed by atoms with Crippen molar-refractivity contribution >= 4 is 27.5 Å². The quantitative estimate of drug-likeness (QED) is 0.471. The molecule has 1 aromatic heterocycles. The van der Waals surface area contributed by atoms with Crippen molar-refractivity contribution < 1.29 is 18.8 Å². The first-order valence-electron chi connectivity index (χ1n) is 10.0. The lowest BCUT2D eigenvalue weighted by atomic mass is 10.1. The minimum absolute atomic E-state index is 0.177. The second-order valence-corrected chi connectivity index (χ2v) is 7.58. The Morgan fingerprint density at radius 1 is 1.25 bits per heavy atom.